The molecule has 1 aliphatic carbocycles. The lowest BCUT2D eigenvalue weighted by Crippen LogP contribution is -2.50. The molecule has 1 heterocycles. The molecule has 1 saturated carbocycles. The topological polar surface area (TPSA) is 86.8 Å². The number of rotatable bonds is 7. The van der Waals surface area contributed by atoms with Gasteiger partial charge in [0.1, 0.15) is 5.41 Å². The van der Waals surface area contributed by atoms with Crippen molar-refractivity contribution in [3.8, 4) is 0 Å². The second kappa shape index (κ2) is 6.76. The highest BCUT2D eigenvalue weighted by molar-refractivity contribution is 7.91. The fourth-order valence-electron chi connectivity index (χ4n) is 3.09. The molecule has 0 bridgehead atoms. The first-order valence-corrected chi connectivity index (χ1v) is 9.98. The molecule has 0 radical (unpaired) electrons. The third-order valence-corrected chi connectivity index (χ3v) is 6.44. The van der Waals surface area contributed by atoms with Crippen LogP contribution in [0.2, 0.25) is 0 Å². The fraction of sp³-hybridized carbons (Fsp3) is 0.867. The maximum Gasteiger partial charge on any atom is 0.238 e. The zero-order chi connectivity index (χ0) is 17.3. The second-order valence-corrected chi connectivity index (χ2v) is 9.02. The van der Waals surface area contributed by atoms with Crippen molar-refractivity contribution in [1.82, 2.24) is 15.1 Å². The summed E-state index contributed by atoms with van der Waals surface area (Å²) in [5.41, 5.74) is -0.964. The van der Waals surface area contributed by atoms with Gasteiger partial charge >= 0.3 is 0 Å². The summed E-state index contributed by atoms with van der Waals surface area (Å²) in [6.45, 7) is 3.49. The monoisotopic (exact) mass is 345 g/mol. The molecule has 1 aliphatic heterocycles. The van der Waals surface area contributed by atoms with Gasteiger partial charge in [0.2, 0.25) is 11.8 Å². The van der Waals surface area contributed by atoms with Crippen molar-refractivity contribution < 1.29 is 18.0 Å². The molecule has 0 aromatic carbocycles. The lowest BCUT2D eigenvalue weighted by molar-refractivity contribution is -0.145. The Morgan fingerprint density at radius 1 is 1.26 bits per heavy atom. The number of hydrogen-bond donors (Lipinski definition) is 1. The molecule has 2 amide bonds. The van der Waals surface area contributed by atoms with Crippen LogP contribution < -0.4 is 5.32 Å². The van der Waals surface area contributed by atoms with Crippen LogP contribution in [-0.2, 0) is 19.4 Å². The molecule has 1 N–H and O–H groups in total. The molecule has 0 aromatic rings. The van der Waals surface area contributed by atoms with E-state index in [1.54, 1.807) is 4.90 Å². The SMILES string of the molecule is CCN(C(=O)C1(C(=O)NCCN(C)C)CC1)C1CCS(=O)(=O)C1. The molecular formula is C15H27N3O4S. The van der Waals surface area contributed by atoms with E-state index in [1.165, 1.54) is 0 Å². The number of sulfone groups is 1. The van der Waals surface area contributed by atoms with Crippen molar-refractivity contribution in [1.29, 1.82) is 0 Å². The Balaban J connectivity index is 2.01. The molecule has 2 rings (SSSR count). The number of hydrogen-bond acceptors (Lipinski definition) is 5. The normalized spacial score (nSPS) is 24.4. The van der Waals surface area contributed by atoms with Gasteiger partial charge in [-0.1, -0.05) is 0 Å². The van der Waals surface area contributed by atoms with Gasteiger partial charge in [0.15, 0.2) is 9.84 Å². The summed E-state index contributed by atoms with van der Waals surface area (Å²) < 4.78 is 23.3. The Bertz CT molecular complexity index is 569. The molecular weight excluding hydrogens is 318 g/mol. The zero-order valence-corrected chi connectivity index (χ0v) is 15.0. The van der Waals surface area contributed by atoms with E-state index in [0.29, 0.717) is 38.9 Å². The van der Waals surface area contributed by atoms with Gasteiger partial charge in [0, 0.05) is 25.7 Å². The van der Waals surface area contributed by atoms with Gasteiger partial charge in [-0.2, -0.15) is 0 Å². The predicted molar refractivity (Wildman–Crippen MR) is 87.7 cm³/mol. The molecule has 8 heteroatoms. The van der Waals surface area contributed by atoms with Gasteiger partial charge in [-0.25, -0.2) is 8.42 Å². The van der Waals surface area contributed by atoms with Crippen molar-refractivity contribution >= 4 is 21.7 Å². The Labute approximate surface area is 138 Å². The minimum Gasteiger partial charge on any atom is -0.354 e. The molecule has 1 atom stereocenters. The van der Waals surface area contributed by atoms with Crippen LogP contribution >= 0.6 is 0 Å². The standard InChI is InChI=1S/C15H27N3O4S/c1-4-18(12-5-10-23(21,22)11-12)14(20)15(6-7-15)13(19)16-8-9-17(2)3/h12H,4-11H2,1-3H3,(H,16,19). The van der Waals surface area contributed by atoms with Gasteiger partial charge in [-0.3, -0.25) is 9.59 Å². The van der Waals surface area contributed by atoms with E-state index in [1.807, 2.05) is 25.9 Å². The summed E-state index contributed by atoms with van der Waals surface area (Å²) in [4.78, 5) is 28.8. The van der Waals surface area contributed by atoms with Gasteiger partial charge in [-0.15, -0.1) is 0 Å². The summed E-state index contributed by atoms with van der Waals surface area (Å²) >= 11 is 0. The van der Waals surface area contributed by atoms with Crippen molar-refractivity contribution in [2.45, 2.75) is 32.2 Å². The number of carbonyl (C=O) groups excluding carboxylic acids is 2. The van der Waals surface area contributed by atoms with Gasteiger partial charge in [-0.05, 0) is 40.3 Å². The van der Waals surface area contributed by atoms with Gasteiger partial charge in [0.05, 0.1) is 11.5 Å². The van der Waals surface area contributed by atoms with Crippen molar-refractivity contribution in [2.75, 3.05) is 45.2 Å². The average Bonchev–Trinajstić information content (AvgIpc) is 3.19. The Hall–Kier alpha value is -1.15. The summed E-state index contributed by atoms with van der Waals surface area (Å²) in [7, 11) is 0.787. The zero-order valence-electron chi connectivity index (χ0n) is 14.2. The molecule has 1 unspecified atom stereocenters. The summed E-state index contributed by atoms with van der Waals surface area (Å²) in [6.07, 6.45) is 1.57. The first-order valence-electron chi connectivity index (χ1n) is 8.16. The van der Waals surface area contributed by atoms with E-state index < -0.39 is 15.3 Å². The Morgan fingerprint density at radius 2 is 1.91 bits per heavy atom. The largest absolute Gasteiger partial charge is 0.354 e. The van der Waals surface area contributed by atoms with Crippen LogP contribution in [0.5, 0.6) is 0 Å². The van der Waals surface area contributed by atoms with E-state index in [-0.39, 0.29) is 29.4 Å². The highest BCUT2D eigenvalue weighted by Crippen LogP contribution is 2.48. The first kappa shape index (κ1) is 18.2. The summed E-state index contributed by atoms with van der Waals surface area (Å²) in [5, 5.41) is 2.84. The minimum absolute atomic E-state index is 0.0188. The molecule has 2 fully saturated rings. The van der Waals surface area contributed by atoms with E-state index in [4.69, 9.17) is 0 Å². The highest BCUT2D eigenvalue weighted by Gasteiger charge is 2.58. The first-order chi connectivity index (χ1) is 10.7. The third-order valence-electron chi connectivity index (χ3n) is 4.69. The van der Waals surface area contributed by atoms with Crippen LogP contribution in [-0.4, -0.2) is 81.3 Å². The predicted octanol–water partition coefficient (Wildman–Crippen LogP) is -0.520. The quantitative estimate of drug-likeness (QED) is 0.628. The molecule has 132 valence electrons. The van der Waals surface area contributed by atoms with Crippen LogP contribution in [0.1, 0.15) is 26.2 Å². The van der Waals surface area contributed by atoms with Crippen LogP contribution in [0, 0.1) is 5.41 Å². The van der Waals surface area contributed by atoms with Crippen LogP contribution in [0.4, 0.5) is 0 Å². The van der Waals surface area contributed by atoms with Crippen molar-refractivity contribution in [3.63, 3.8) is 0 Å². The molecule has 2 aliphatic rings. The highest BCUT2D eigenvalue weighted by atomic mass is 32.2. The number of likely N-dealkylation sites (N-methyl/N-ethyl adjacent to an activating group) is 1. The Kier molecular flexibility index (Phi) is 5.35. The third kappa shape index (κ3) is 4.03. The smallest absolute Gasteiger partial charge is 0.238 e. The van der Waals surface area contributed by atoms with Crippen LogP contribution in [0.3, 0.4) is 0 Å². The lowest BCUT2D eigenvalue weighted by atomic mass is 10.0. The van der Waals surface area contributed by atoms with E-state index in [9.17, 15) is 18.0 Å². The van der Waals surface area contributed by atoms with Gasteiger partial charge < -0.3 is 15.1 Å². The number of nitrogens with zero attached hydrogens (tertiary/aromatic N) is 2. The molecule has 0 spiro atoms. The number of nitrogens with one attached hydrogen (secondary N) is 1. The van der Waals surface area contributed by atoms with E-state index in [2.05, 4.69) is 5.32 Å². The maximum absolute atomic E-state index is 12.9. The molecule has 7 nitrogen and oxygen atoms in total. The summed E-state index contributed by atoms with van der Waals surface area (Å²) in [5.74, 6) is -0.276. The van der Waals surface area contributed by atoms with Gasteiger partial charge in [0.25, 0.3) is 0 Å². The second-order valence-electron chi connectivity index (χ2n) is 6.79. The Morgan fingerprint density at radius 3 is 2.35 bits per heavy atom. The summed E-state index contributed by atoms with van der Waals surface area (Å²) in [6, 6.07) is -0.287. The van der Waals surface area contributed by atoms with E-state index >= 15 is 0 Å². The lowest BCUT2D eigenvalue weighted by Gasteiger charge is -2.30. The van der Waals surface area contributed by atoms with Crippen molar-refractivity contribution in [2.24, 2.45) is 5.41 Å². The number of carbonyl (C=O) groups is 2. The van der Waals surface area contributed by atoms with Crippen LogP contribution in [0.25, 0.3) is 0 Å². The minimum atomic E-state index is -3.05. The molecule has 23 heavy (non-hydrogen) atoms. The fourth-order valence-corrected chi connectivity index (χ4v) is 4.82. The van der Waals surface area contributed by atoms with E-state index in [0.717, 1.165) is 0 Å². The van der Waals surface area contributed by atoms with Crippen LogP contribution in [0.15, 0.2) is 0 Å². The van der Waals surface area contributed by atoms with Crippen molar-refractivity contribution in [3.05, 3.63) is 0 Å². The molecule has 0 aromatic heterocycles. The maximum atomic E-state index is 12.9. The number of amides is 2. The average molecular weight is 345 g/mol. The molecule has 1 saturated heterocycles.